The van der Waals surface area contributed by atoms with Gasteiger partial charge in [0.1, 0.15) is 45.6 Å². The summed E-state index contributed by atoms with van der Waals surface area (Å²) in [6.07, 6.45) is 0.739. The molecule has 1 aliphatic rings. The van der Waals surface area contributed by atoms with Crippen molar-refractivity contribution >= 4 is 0 Å². The molecule has 164 valence electrons. The molecule has 1 fully saturated rings. The lowest BCUT2D eigenvalue weighted by molar-refractivity contribution is -0.251. The number of hydrogen-bond acceptors (Lipinski definition) is 8. The van der Waals surface area contributed by atoms with Crippen LogP contribution in [0.2, 0.25) is 0 Å². The summed E-state index contributed by atoms with van der Waals surface area (Å²) in [5.41, 5.74) is 1.10. The Morgan fingerprint density at radius 1 is 0.567 bits per heavy atom. The van der Waals surface area contributed by atoms with E-state index in [1.807, 2.05) is 0 Å². The van der Waals surface area contributed by atoms with E-state index in [0.29, 0.717) is 58.8 Å². The van der Waals surface area contributed by atoms with E-state index in [-0.39, 0.29) is 0 Å². The van der Waals surface area contributed by atoms with Crippen molar-refractivity contribution in [1.29, 1.82) is 0 Å². The molecule has 0 aromatic heterocycles. The van der Waals surface area contributed by atoms with Crippen molar-refractivity contribution < 1.29 is 37.9 Å². The van der Waals surface area contributed by atoms with Crippen LogP contribution in [-0.4, -0.2) is 55.9 Å². The highest BCUT2D eigenvalue weighted by molar-refractivity contribution is 5.62. The Bertz CT molecular complexity index is 758. The van der Waals surface area contributed by atoms with Crippen molar-refractivity contribution in [1.82, 2.24) is 0 Å². The number of hydrogen-bond donors (Lipinski definition) is 0. The van der Waals surface area contributed by atoms with Crippen LogP contribution in [0.4, 0.5) is 0 Å². The zero-order chi connectivity index (χ0) is 21.7. The Morgan fingerprint density at radius 2 is 0.900 bits per heavy atom. The van der Waals surface area contributed by atoms with Gasteiger partial charge >= 0.3 is 0 Å². The molecule has 0 N–H and O–H groups in total. The third-order valence-corrected chi connectivity index (χ3v) is 4.99. The summed E-state index contributed by atoms with van der Waals surface area (Å²) in [6.45, 7) is 0.910. The minimum absolute atomic E-state index is 0.455. The largest absolute Gasteiger partial charge is 0.496 e. The van der Waals surface area contributed by atoms with Crippen LogP contribution in [0.3, 0.4) is 0 Å². The van der Waals surface area contributed by atoms with Crippen LogP contribution in [0.5, 0.6) is 34.5 Å². The van der Waals surface area contributed by atoms with Gasteiger partial charge in [-0.25, -0.2) is 0 Å². The number of ether oxygens (including phenoxy) is 8. The maximum Gasteiger partial charge on any atom is 0.237 e. The molecule has 0 unspecified atom stereocenters. The third kappa shape index (κ3) is 3.68. The van der Waals surface area contributed by atoms with Crippen LogP contribution < -0.4 is 28.4 Å². The molecule has 0 atom stereocenters. The normalized spacial score (nSPS) is 15.3. The van der Waals surface area contributed by atoms with Gasteiger partial charge in [0.2, 0.25) is 5.79 Å². The van der Waals surface area contributed by atoms with Gasteiger partial charge in [-0.3, -0.25) is 0 Å². The van der Waals surface area contributed by atoms with E-state index in [2.05, 4.69) is 0 Å². The van der Waals surface area contributed by atoms with Crippen molar-refractivity contribution in [3.63, 3.8) is 0 Å². The first-order valence-corrected chi connectivity index (χ1v) is 9.47. The highest BCUT2D eigenvalue weighted by Gasteiger charge is 2.48. The average molecular weight is 420 g/mol. The lowest BCUT2D eigenvalue weighted by atomic mass is 9.92. The van der Waals surface area contributed by atoms with Crippen LogP contribution in [0.1, 0.15) is 17.5 Å². The first-order chi connectivity index (χ1) is 14.6. The quantitative estimate of drug-likeness (QED) is 0.644. The molecule has 1 aliphatic heterocycles. The van der Waals surface area contributed by atoms with Crippen molar-refractivity contribution in [3.8, 4) is 34.5 Å². The minimum atomic E-state index is -1.40. The van der Waals surface area contributed by atoms with Gasteiger partial charge in [0.25, 0.3) is 0 Å². The summed E-state index contributed by atoms with van der Waals surface area (Å²) < 4.78 is 46.2. The monoisotopic (exact) mass is 420 g/mol. The molecule has 8 heteroatoms. The summed E-state index contributed by atoms with van der Waals surface area (Å²) in [4.78, 5) is 0. The van der Waals surface area contributed by atoms with Gasteiger partial charge in [-0.15, -0.1) is 0 Å². The lowest BCUT2D eigenvalue weighted by Gasteiger charge is -2.40. The Labute approximate surface area is 176 Å². The molecule has 30 heavy (non-hydrogen) atoms. The molecule has 2 aromatic carbocycles. The highest BCUT2D eigenvalue weighted by atomic mass is 16.7. The van der Waals surface area contributed by atoms with Crippen molar-refractivity contribution in [2.75, 3.05) is 55.9 Å². The maximum absolute atomic E-state index is 6.33. The highest BCUT2D eigenvalue weighted by Crippen LogP contribution is 2.53. The van der Waals surface area contributed by atoms with Crippen molar-refractivity contribution in [2.24, 2.45) is 0 Å². The lowest BCUT2D eigenvalue weighted by Crippen LogP contribution is -2.40. The van der Waals surface area contributed by atoms with Crippen LogP contribution in [0.25, 0.3) is 0 Å². The molecule has 2 aromatic rings. The van der Waals surface area contributed by atoms with E-state index in [4.69, 9.17) is 37.9 Å². The van der Waals surface area contributed by atoms with E-state index >= 15 is 0 Å². The van der Waals surface area contributed by atoms with E-state index < -0.39 is 5.79 Å². The minimum Gasteiger partial charge on any atom is -0.496 e. The molecular weight excluding hydrogens is 392 g/mol. The van der Waals surface area contributed by atoms with Crippen molar-refractivity contribution in [2.45, 2.75) is 12.2 Å². The van der Waals surface area contributed by atoms with Crippen molar-refractivity contribution in [3.05, 3.63) is 35.4 Å². The fourth-order valence-corrected chi connectivity index (χ4v) is 3.61. The first kappa shape index (κ1) is 21.9. The molecule has 1 heterocycles. The van der Waals surface area contributed by atoms with E-state index in [1.165, 1.54) is 0 Å². The standard InChI is InChI=1S/C22H28O8/c1-23-14-10-16(25-3)20(17(11-14)26-4)22(29-8-7-9-30-22)21-18(27-5)12-15(24-2)13-19(21)28-6/h10-13H,7-9H2,1-6H3. The molecule has 0 aliphatic carbocycles. The Morgan fingerprint density at radius 3 is 1.17 bits per heavy atom. The van der Waals surface area contributed by atoms with Crippen LogP contribution in [0.15, 0.2) is 24.3 Å². The Kier molecular flexibility index (Phi) is 6.79. The zero-order valence-electron chi connectivity index (χ0n) is 18.2. The van der Waals surface area contributed by atoms with Gasteiger partial charge in [0, 0.05) is 24.3 Å². The molecule has 0 spiro atoms. The molecule has 0 amide bonds. The average Bonchev–Trinajstić information content (AvgIpc) is 2.82. The van der Waals surface area contributed by atoms with Gasteiger partial charge in [-0.05, 0) is 6.42 Å². The third-order valence-electron chi connectivity index (χ3n) is 4.99. The second-order valence-electron chi connectivity index (χ2n) is 6.48. The SMILES string of the molecule is COc1cc(OC)c(C2(c3c(OC)cc(OC)cc3OC)OCCCO2)c(OC)c1. The fraction of sp³-hybridized carbons (Fsp3) is 0.455. The van der Waals surface area contributed by atoms with E-state index in [1.54, 1.807) is 66.9 Å². The van der Waals surface area contributed by atoms with E-state index in [0.717, 1.165) is 6.42 Å². The van der Waals surface area contributed by atoms with Crippen LogP contribution in [-0.2, 0) is 15.3 Å². The summed E-state index contributed by atoms with van der Waals surface area (Å²) in [7, 11) is 9.42. The molecule has 0 bridgehead atoms. The van der Waals surface area contributed by atoms with Gasteiger partial charge in [0.05, 0.1) is 55.9 Å². The van der Waals surface area contributed by atoms with Crippen LogP contribution >= 0.6 is 0 Å². The summed E-state index contributed by atoms with van der Waals surface area (Å²) in [5.74, 6) is 1.67. The van der Waals surface area contributed by atoms with Gasteiger partial charge < -0.3 is 37.9 Å². The second-order valence-corrected chi connectivity index (χ2v) is 6.48. The Balaban J connectivity index is 2.39. The predicted molar refractivity (Wildman–Crippen MR) is 109 cm³/mol. The number of rotatable bonds is 8. The van der Waals surface area contributed by atoms with E-state index in [9.17, 15) is 0 Å². The predicted octanol–water partition coefficient (Wildman–Crippen LogP) is 3.38. The topological polar surface area (TPSA) is 73.8 Å². The Hall–Kier alpha value is -2.84. The smallest absolute Gasteiger partial charge is 0.237 e. The molecule has 8 nitrogen and oxygen atoms in total. The molecule has 0 saturated carbocycles. The molecular formula is C22H28O8. The van der Waals surface area contributed by atoms with Gasteiger partial charge in [0.15, 0.2) is 0 Å². The zero-order valence-corrected chi connectivity index (χ0v) is 18.2. The molecule has 1 saturated heterocycles. The first-order valence-electron chi connectivity index (χ1n) is 9.47. The van der Waals surface area contributed by atoms with Gasteiger partial charge in [-0.1, -0.05) is 0 Å². The molecule has 3 rings (SSSR count). The molecule has 0 radical (unpaired) electrons. The summed E-state index contributed by atoms with van der Waals surface area (Å²) >= 11 is 0. The maximum atomic E-state index is 6.33. The second kappa shape index (κ2) is 9.32. The van der Waals surface area contributed by atoms with Crippen LogP contribution in [0, 0.1) is 0 Å². The van der Waals surface area contributed by atoms with Gasteiger partial charge in [-0.2, -0.15) is 0 Å². The summed E-state index contributed by atoms with van der Waals surface area (Å²) in [6, 6.07) is 7.01. The number of methoxy groups -OCH3 is 6. The fourth-order valence-electron chi connectivity index (χ4n) is 3.61. The summed E-state index contributed by atoms with van der Waals surface area (Å²) in [5, 5.41) is 0. The number of benzene rings is 2.